The maximum atomic E-state index is 12.0. The van der Waals surface area contributed by atoms with Crippen LogP contribution in [0.4, 0.5) is 4.39 Å². The topological polar surface area (TPSA) is 15.3 Å². The van der Waals surface area contributed by atoms with Crippen molar-refractivity contribution < 1.29 is 4.39 Å². The largest absolute Gasteiger partial charge is 0.314 e. The first kappa shape index (κ1) is 11.3. The molecule has 0 spiro atoms. The average Bonchev–Trinajstić information content (AvgIpc) is 3.09. The molecule has 2 nitrogen and oxygen atoms in total. The van der Waals surface area contributed by atoms with Crippen LogP contribution in [0.5, 0.6) is 0 Å². The Kier molecular flexibility index (Phi) is 4.39. The summed E-state index contributed by atoms with van der Waals surface area (Å²) < 4.78 is 12.0. The lowest BCUT2D eigenvalue weighted by Gasteiger charge is -2.31. The second-order valence-electron chi connectivity index (χ2n) is 5.01. The number of alkyl halides is 1. The van der Waals surface area contributed by atoms with E-state index in [0.29, 0.717) is 6.42 Å². The molecule has 1 saturated heterocycles. The molecule has 0 bridgehead atoms. The molecule has 88 valence electrons. The van der Waals surface area contributed by atoms with Gasteiger partial charge in [-0.3, -0.25) is 4.39 Å². The Labute approximate surface area is 92.2 Å². The van der Waals surface area contributed by atoms with Crippen LogP contribution in [0.3, 0.4) is 0 Å². The highest BCUT2D eigenvalue weighted by atomic mass is 19.1. The Hall–Kier alpha value is -0.150. The summed E-state index contributed by atoms with van der Waals surface area (Å²) in [5.41, 5.74) is 0. The van der Waals surface area contributed by atoms with Crippen molar-refractivity contribution in [2.75, 3.05) is 32.9 Å². The molecule has 0 radical (unpaired) electrons. The number of halogens is 1. The van der Waals surface area contributed by atoms with Gasteiger partial charge in [0.1, 0.15) is 0 Å². The molecule has 0 atom stereocenters. The molecular formula is C12H23FN2. The van der Waals surface area contributed by atoms with Crippen LogP contribution in [0.15, 0.2) is 0 Å². The molecule has 2 rings (SSSR count). The highest BCUT2D eigenvalue weighted by Gasteiger charge is 2.23. The molecule has 0 amide bonds. The van der Waals surface area contributed by atoms with Gasteiger partial charge in [-0.2, -0.15) is 0 Å². The number of rotatable bonds is 6. The molecule has 1 aliphatic heterocycles. The van der Waals surface area contributed by atoms with E-state index in [9.17, 15) is 4.39 Å². The van der Waals surface area contributed by atoms with Crippen LogP contribution in [0, 0.1) is 5.92 Å². The van der Waals surface area contributed by atoms with E-state index in [4.69, 9.17) is 0 Å². The Morgan fingerprint density at radius 3 is 2.47 bits per heavy atom. The highest BCUT2D eigenvalue weighted by Crippen LogP contribution is 2.21. The maximum Gasteiger partial charge on any atom is 0.0906 e. The number of nitrogens with one attached hydrogen (secondary N) is 1. The summed E-state index contributed by atoms with van der Waals surface area (Å²) in [5.74, 6) is 0.868. The lowest BCUT2D eigenvalue weighted by atomic mass is 9.96. The second-order valence-corrected chi connectivity index (χ2v) is 5.01. The minimum Gasteiger partial charge on any atom is -0.314 e. The van der Waals surface area contributed by atoms with Gasteiger partial charge in [0.15, 0.2) is 0 Å². The van der Waals surface area contributed by atoms with E-state index in [1.54, 1.807) is 0 Å². The fraction of sp³-hybridized carbons (Fsp3) is 1.00. The minimum atomic E-state index is -0.164. The summed E-state index contributed by atoms with van der Waals surface area (Å²) in [7, 11) is 0. The zero-order valence-corrected chi connectivity index (χ0v) is 9.55. The fourth-order valence-electron chi connectivity index (χ4n) is 2.32. The van der Waals surface area contributed by atoms with Gasteiger partial charge in [0.2, 0.25) is 0 Å². The summed E-state index contributed by atoms with van der Waals surface area (Å²) in [6.45, 7) is 4.36. The van der Waals surface area contributed by atoms with Gasteiger partial charge in [-0.1, -0.05) is 0 Å². The van der Waals surface area contributed by atoms with Gasteiger partial charge in [-0.25, -0.2) is 0 Å². The SMILES string of the molecule is FCCCN1CCC(CNC2CC2)CC1. The van der Waals surface area contributed by atoms with Crippen molar-refractivity contribution in [3.8, 4) is 0 Å². The van der Waals surface area contributed by atoms with E-state index in [2.05, 4.69) is 10.2 Å². The van der Waals surface area contributed by atoms with Gasteiger partial charge in [-0.05, 0) is 57.7 Å². The maximum absolute atomic E-state index is 12.0. The van der Waals surface area contributed by atoms with Gasteiger partial charge in [-0.15, -0.1) is 0 Å². The first-order chi connectivity index (χ1) is 7.38. The molecule has 2 aliphatic rings. The van der Waals surface area contributed by atoms with Crippen molar-refractivity contribution in [1.82, 2.24) is 10.2 Å². The number of hydrogen-bond donors (Lipinski definition) is 1. The first-order valence-electron chi connectivity index (χ1n) is 6.40. The van der Waals surface area contributed by atoms with E-state index < -0.39 is 0 Å². The molecule has 1 saturated carbocycles. The predicted octanol–water partition coefficient (Wildman–Crippen LogP) is 1.81. The van der Waals surface area contributed by atoms with Gasteiger partial charge in [0.25, 0.3) is 0 Å². The van der Waals surface area contributed by atoms with Crippen molar-refractivity contribution in [1.29, 1.82) is 0 Å². The third-order valence-electron chi connectivity index (χ3n) is 3.59. The summed E-state index contributed by atoms with van der Waals surface area (Å²) in [5, 5.41) is 3.61. The van der Waals surface area contributed by atoms with Crippen LogP contribution in [0.25, 0.3) is 0 Å². The van der Waals surface area contributed by atoms with E-state index >= 15 is 0 Å². The van der Waals surface area contributed by atoms with Crippen molar-refractivity contribution in [3.05, 3.63) is 0 Å². The summed E-state index contributed by atoms with van der Waals surface area (Å²) in [6.07, 6.45) is 6.08. The minimum absolute atomic E-state index is 0.164. The molecule has 1 N–H and O–H groups in total. The highest BCUT2D eigenvalue weighted by molar-refractivity contribution is 4.83. The standard InChI is InChI=1S/C12H23FN2/c13-6-1-7-15-8-4-11(5-9-15)10-14-12-2-3-12/h11-12,14H,1-10H2. The number of likely N-dealkylation sites (tertiary alicyclic amines) is 1. The zero-order valence-electron chi connectivity index (χ0n) is 9.55. The van der Waals surface area contributed by atoms with Crippen LogP contribution in [-0.2, 0) is 0 Å². The van der Waals surface area contributed by atoms with E-state index in [-0.39, 0.29) is 6.67 Å². The summed E-state index contributed by atoms with van der Waals surface area (Å²) in [4.78, 5) is 2.41. The summed E-state index contributed by atoms with van der Waals surface area (Å²) >= 11 is 0. The molecule has 1 aliphatic carbocycles. The molecular weight excluding hydrogens is 191 g/mol. The third-order valence-corrected chi connectivity index (χ3v) is 3.59. The Bertz CT molecular complexity index is 174. The van der Waals surface area contributed by atoms with Gasteiger partial charge >= 0.3 is 0 Å². The predicted molar refractivity (Wildman–Crippen MR) is 60.8 cm³/mol. The molecule has 0 aromatic rings. The molecule has 0 unspecified atom stereocenters. The van der Waals surface area contributed by atoms with Gasteiger partial charge in [0, 0.05) is 12.6 Å². The smallest absolute Gasteiger partial charge is 0.0906 e. The molecule has 0 aromatic carbocycles. The van der Waals surface area contributed by atoms with Crippen molar-refractivity contribution >= 4 is 0 Å². The fourth-order valence-corrected chi connectivity index (χ4v) is 2.32. The van der Waals surface area contributed by atoms with Crippen LogP contribution >= 0.6 is 0 Å². The Morgan fingerprint density at radius 2 is 1.87 bits per heavy atom. The molecule has 2 fully saturated rings. The summed E-state index contributed by atoms with van der Waals surface area (Å²) in [6, 6.07) is 0.842. The quantitative estimate of drug-likeness (QED) is 0.725. The molecule has 15 heavy (non-hydrogen) atoms. The van der Waals surface area contributed by atoms with Gasteiger partial charge < -0.3 is 10.2 Å². The lowest BCUT2D eigenvalue weighted by Crippen LogP contribution is -2.38. The van der Waals surface area contributed by atoms with E-state index in [0.717, 1.165) is 18.5 Å². The van der Waals surface area contributed by atoms with Crippen LogP contribution in [0.1, 0.15) is 32.1 Å². The van der Waals surface area contributed by atoms with Gasteiger partial charge in [0.05, 0.1) is 6.67 Å². The third kappa shape index (κ3) is 4.07. The van der Waals surface area contributed by atoms with Crippen LogP contribution < -0.4 is 5.32 Å². The average molecular weight is 214 g/mol. The Morgan fingerprint density at radius 1 is 1.13 bits per heavy atom. The number of hydrogen-bond acceptors (Lipinski definition) is 2. The lowest BCUT2D eigenvalue weighted by molar-refractivity contribution is 0.176. The van der Waals surface area contributed by atoms with E-state index in [1.165, 1.54) is 45.3 Å². The first-order valence-corrected chi connectivity index (χ1v) is 6.40. The van der Waals surface area contributed by atoms with Crippen molar-refractivity contribution in [3.63, 3.8) is 0 Å². The van der Waals surface area contributed by atoms with Crippen LogP contribution in [-0.4, -0.2) is 43.8 Å². The molecule has 3 heteroatoms. The van der Waals surface area contributed by atoms with Crippen molar-refractivity contribution in [2.45, 2.75) is 38.1 Å². The second kappa shape index (κ2) is 5.80. The zero-order chi connectivity index (χ0) is 10.5. The molecule has 1 heterocycles. The van der Waals surface area contributed by atoms with E-state index in [1.807, 2.05) is 0 Å². The van der Waals surface area contributed by atoms with Crippen LogP contribution in [0.2, 0.25) is 0 Å². The number of piperidine rings is 1. The Balaban J connectivity index is 1.54. The molecule has 0 aromatic heterocycles. The van der Waals surface area contributed by atoms with Crippen molar-refractivity contribution in [2.24, 2.45) is 5.92 Å². The number of nitrogens with zero attached hydrogens (tertiary/aromatic N) is 1. The monoisotopic (exact) mass is 214 g/mol. The normalized spacial score (nSPS) is 24.6.